The smallest absolute Gasteiger partial charge is 0.239 e. The van der Waals surface area contributed by atoms with Crippen molar-refractivity contribution in [3.63, 3.8) is 0 Å². The highest BCUT2D eigenvalue weighted by molar-refractivity contribution is 5.80. The zero-order valence-electron chi connectivity index (χ0n) is 12.0. The monoisotopic (exact) mass is 306 g/mol. The number of halogens is 2. The molecule has 0 aliphatic heterocycles. The molecule has 0 unspecified atom stereocenters. The number of rotatable bonds is 6. The quantitative estimate of drug-likeness (QED) is 0.863. The van der Waals surface area contributed by atoms with Gasteiger partial charge < -0.3 is 15.4 Å². The van der Waals surface area contributed by atoms with Crippen LogP contribution in [0.3, 0.4) is 0 Å². The highest BCUT2D eigenvalue weighted by atomic mass is 19.1. The van der Waals surface area contributed by atoms with Gasteiger partial charge in [0.25, 0.3) is 0 Å². The molecule has 116 valence electrons. The molecule has 22 heavy (non-hydrogen) atoms. The number of benzene rings is 2. The number of para-hydroxylation sites is 1. The fourth-order valence-corrected chi connectivity index (χ4v) is 1.91. The van der Waals surface area contributed by atoms with Crippen molar-refractivity contribution >= 4 is 11.6 Å². The molecule has 0 heterocycles. The van der Waals surface area contributed by atoms with Gasteiger partial charge in [-0.05, 0) is 18.2 Å². The van der Waals surface area contributed by atoms with Gasteiger partial charge in [0.2, 0.25) is 5.91 Å². The van der Waals surface area contributed by atoms with Gasteiger partial charge in [-0.3, -0.25) is 4.79 Å². The van der Waals surface area contributed by atoms with Gasteiger partial charge in [0.05, 0.1) is 19.3 Å². The number of hydrogen-bond acceptors (Lipinski definition) is 3. The lowest BCUT2D eigenvalue weighted by Gasteiger charge is -2.11. The van der Waals surface area contributed by atoms with Crippen LogP contribution < -0.4 is 15.4 Å². The van der Waals surface area contributed by atoms with Gasteiger partial charge >= 0.3 is 0 Å². The first-order valence-corrected chi connectivity index (χ1v) is 6.67. The normalized spacial score (nSPS) is 10.1. The SMILES string of the molecule is COc1ccccc1CNC(=O)CNc1ccc(F)cc1F. The number of nitrogens with one attached hydrogen (secondary N) is 2. The largest absolute Gasteiger partial charge is 0.496 e. The summed E-state index contributed by atoms with van der Waals surface area (Å²) in [6.07, 6.45) is 0. The van der Waals surface area contributed by atoms with Crippen molar-refractivity contribution in [1.82, 2.24) is 5.32 Å². The number of methoxy groups -OCH3 is 1. The third-order valence-corrected chi connectivity index (χ3v) is 3.04. The van der Waals surface area contributed by atoms with Crippen LogP contribution in [0.25, 0.3) is 0 Å². The topological polar surface area (TPSA) is 50.4 Å². The summed E-state index contributed by atoms with van der Waals surface area (Å²) in [6.45, 7) is 0.189. The van der Waals surface area contributed by atoms with E-state index in [1.165, 1.54) is 6.07 Å². The highest BCUT2D eigenvalue weighted by Crippen LogP contribution is 2.17. The van der Waals surface area contributed by atoms with Crippen LogP contribution in [0.2, 0.25) is 0 Å². The van der Waals surface area contributed by atoms with Crippen molar-refractivity contribution < 1.29 is 18.3 Å². The molecule has 2 N–H and O–H groups in total. The van der Waals surface area contributed by atoms with Gasteiger partial charge in [-0.25, -0.2) is 8.78 Å². The number of amides is 1. The van der Waals surface area contributed by atoms with Crippen LogP contribution in [0.5, 0.6) is 5.75 Å². The summed E-state index contributed by atoms with van der Waals surface area (Å²) in [5.74, 6) is -1.03. The van der Waals surface area contributed by atoms with E-state index in [-0.39, 0.29) is 18.1 Å². The summed E-state index contributed by atoms with van der Waals surface area (Å²) in [5, 5.41) is 5.32. The molecule has 4 nitrogen and oxygen atoms in total. The van der Waals surface area contributed by atoms with Crippen molar-refractivity contribution in [2.24, 2.45) is 0 Å². The summed E-state index contributed by atoms with van der Waals surface area (Å²) >= 11 is 0. The van der Waals surface area contributed by atoms with Crippen molar-refractivity contribution in [2.45, 2.75) is 6.54 Å². The zero-order chi connectivity index (χ0) is 15.9. The standard InChI is InChI=1S/C16H16F2N2O2/c1-22-15-5-3-2-4-11(15)9-20-16(21)10-19-14-7-6-12(17)8-13(14)18/h2-8,19H,9-10H2,1H3,(H,20,21). The molecule has 0 aliphatic rings. The summed E-state index contributed by atoms with van der Waals surface area (Å²) in [4.78, 5) is 11.8. The first kappa shape index (κ1) is 15.8. The first-order valence-electron chi connectivity index (χ1n) is 6.67. The van der Waals surface area contributed by atoms with E-state index in [1.54, 1.807) is 13.2 Å². The number of carbonyl (C=O) groups excluding carboxylic acids is 1. The van der Waals surface area contributed by atoms with E-state index in [9.17, 15) is 13.6 Å². The van der Waals surface area contributed by atoms with Gasteiger partial charge in [-0.2, -0.15) is 0 Å². The predicted molar refractivity (Wildman–Crippen MR) is 79.7 cm³/mol. The Kier molecular flexibility index (Phi) is 5.30. The molecule has 0 atom stereocenters. The molecule has 0 aliphatic carbocycles. The first-order chi connectivity index (χ1) is 10.6. The molecule has 0 aromatic heterocycles. The number of carbonyl (C=O) groups is 1. The molecule has 0 spiro atoms. The predicted octanol–water partition coefficient (Wildman–Crippen LogP) is 2.70. The summed E-state index contributed by atoms with van der Waals surface area (Å²) in [6, 6.07) is 10.4. The molecule has 2 aromatic rings. The van der Waals surface area contributed by atoms with Crippen LogP contribution >= 0.6 is 0 Å². The minimum absolute atomic E-state index is 0.0776. The van der Waals surface area contributed by atoms with Crippen molar-refractivity contribution in [1.29, 1.82) is 0 Å². The molecule has 0 saturated carbocycles. The fraction of sp³-hybridized carbons (Fsp3) is 0.188. The summed E-state index contributed by atoms with van der Waals surface area (Å²) in [7, 11) is 1.56. The Morgan fingerprint density at radius 2 is 1.95 bits per heavy atom. The van der Waals surface area contributed by atoms with E-state index >= 15 is 0 Å². The lowest BCUT2D eigenvalue weighted by Crippen LogP contribution is -2.29. The lowest BCUT2D eigenvalue weighted by atomic mass is 10.2. The molecule has 0 bridgehead atoms. The maximum absolute atomic E-state index is 13.4. The van der Waals surface area contributed by atoms with E-state index in [0.717, 1.165) is 17.7 Å². The van der Waals surface area contributed by atoms with Crippen LogP contribution in [0.4, 0.5) is 14.5 Å². The Hall–Kier alpha value is -2.63. The Labute approximate surface area is 127 Å². The molecular formula is C16H16F2N2O2. The van der Waals surface area contributed by atoms with E-state index in [0.29, 0.717) is 12.3 Å². The second-order valence-corrected chi connectivity index (χ2v) is 4.57. The number of ether oxygens (including phenoxy) is 1. The second-order valence-electron chi connectivity index (χ2n) is 4.57. The minimum atomic E-state index is -0.738. The molecule has 1 amide bonds. The zero-order valence-corrected chi connectivity index (χ0v) is 12.0. The van der Waals surface area contributed by atoms with Gasteiger partial charge in [0.15, 0.2) is 0 Å². The Morgan fingerprint density at radius 1 is 1.18 bits per heavy atom. The summed E-state index contributed by atoms with van der Waals surface area (Å²) < 4.78 is 31.3. The Morgan fingerprint density at radius 3 is 2.68 bits per heavy atom. The van der Waals surface area contributed by atoms with Crippen LogP contribution in [-0.4, -0.2) is 19.6 Å². The average molecular weight is 306 g/mol. The van der Waals surface area contributed by atoms with Gasteiger partial charge in [-0.15, -0.1) is 0 Å². The Balaban J connectivity index is 1.85. The highest BCUT2D eigenvalue weighted by Gasteiger charge is 2.07. The average Bonchev–Trinajstić information content (AvgIpc) is 2.52. The van der Waals surface area contributed by atoms with Gasteiger partial charge in [-0.1, -0.05) is 18.2 Å². The third kappa shape index (κ3) is 4.18. The van der Waals surface area contributed by atoms with Crippen LogP contribution in [0, 0.1) is 11.6 Å². The molecule has 2 rings (SSSR count). The van der Waals surface area contributed by atoms with Crippen LogP contribution in [0.15, 0.2) is 42.5 Å². The van der Waals surface area contributed by atoms with Crippen molar-refractivity contribution in [3.8, 4) is 5.75 Å². The van der Waals surface area contributed by atoms with E-state index in [4.69, 9.17) is 4.74 Å². The molecule has 2 aromatic carbocycles. The molecule has 0 radical (unpaired) electrons. The molecule has 0 fully saturated rings. The van der Waals surface area contributed by atoms with Gasteiger partial charge in [0.1, 0.15) is 17.4 Å². The second kappa shape index (κ2) is 7.40. The number of anilines is 1. The Bertz CT molecular complexity index is 662. The minimum Gasteiger partial charge on any atom is -0.496 e. The molecule has 0 saturated heterocycles. The van der Waals surface area contributed by atoms with Gasteiger partial charge in [0, 0.05) is 18.2 Å². The van der Waals surface area contributed by atoms with Crippen molar-refractivity contribution in [2.75, 3.05) is 19.0 Å². The van der Waals surface area contributed by atoms with E-state index < -0.39 is 11.6 Å². The fourth-order valence-electron chi connectivity index (χ4n) is 1.91. The molecular weight excluding hydrogens is 290 g/mol. The van der Waals surface area contributed by atoms with E-state index in [1.807, 2.05) is 18.2 Å². The third-order valence-electron chi connectivity index (χ3n) is 3.04. The molecule has 6 heteroatoms. The van der Waals surface area contributed by atoms with E-state index in [2.05, 4.69) is 10.6 Å². The number of hydrogen-bond donors (Lipinski definition) is 2. The summed E-state index contributed by atoms with van der Waals surface area (Å²) in [5.41, 5.74) is 0.917. The van der Waals surface area contributed by atoms with Crippen molar-refractivity contribution in [3.05, 3.63) is 59.7 Å². The lowest BCUT2D eigenvalue weighted by molar-refractivity contribution is -0.119. The van der Waals surface area contributed by atoms with Crippen LogP contribution in [-0.2, 0) is 11.3 Å². The maximum Gasteiger partial charge on any atom is 0.239 e. The maximum atomic E-state index is 13.4. The van der Waals surface area contributed by atoms with Crippen LogP contribution in [0.1, 0.15) is 5.56 Å².